The molecule has 1 aromatic rings. The number of anilines is 1. The van der Waals surface area contributed by atoms with Crippen LogP contribution in [0.3, 0.4) is 0 Å². The Balaban J connectivity index is 1.85. The molecule has 98 valence electrons. The van der Waals surface area contributed by atoms with E-state index >= 15 is 0 Å². The summed E-state index contributed by atoms with van der Waals surface area (Å²) in [7, 11) is 0. The molecule has 0 aromatic carbocycles. The molecule has 5 heteroatoms. The van der Waals surface area contributed by atoms with Crippen LogP contribution >= 0.6 is 22.6 Å². The summed E-state index contributed by atoms with van der Waals surface area (Å²) >= 11 is 2.35. The van der Waals surface area contributed by atoms with Gasteiger partial charge < -0.3 is 10.2 Å². The first-order valence-corrected chi connectivity index (χ1v) is 7.89. The van der Waals surface area contributed by atoms with Gasteiger partial charge in [0.2, 0.25) is 0 Å². The summed E-state index contributed by atoms with van der Waals surface area (Å²) in [6.07, 6.45) is 10.1. The van der Waals surface area contributed by atoms with Crippen molar-refractivity contribution in [1.29, 1.82) is 0 Å². The van der Waals surface area contributed by atoms with Gasteiger partial charge >= 0.3 is 0 Å². The van der Waals surface area contributed by atoms with Crippen molar-refractivity contribution in [3.05, 3.63) is 16.1 Å². The second kappa shape index (κ2) is 5.69. The van der Waals surface area contributed by atoms with Gasteiger partial charge in [-0.2, -0.15) is 0 Å². The van der Waals surface area contributed by atoms with E-state index in [0.717, 1.165) is 12.4 Å². The van der Waals surface area contributed by atoms with Crippen molar-refractivity contribution in [2.75, 3.05) is 18.0 Å². The third-order valence-electron chi connectivity index (χ3n) is 4.03. The third-order valence-corrected chi connectivity index (χ3v) is 4.79. The van der Waals surface area contributed by atoms with Crippen LogP contribution in [0.15, 0.2) is 12.5 Å². The molecule has 1 N–H and O–H groups in total. The Bertz CT molecular complexity index is 406. The predicted molar refractivity (Wildman–Crippen MR) is 80.8 cm³/mol. The molecule has 4 nitrogen and oxygen atoms in total. The van der Waals surface area contributed by atoms with Crippen molar-refractivity contribution in [2.24, 2.45) is 0 Å². The molecular formula is C13H19IN4. The average Bonchev–Trinajstić information content (AvgIpc) is 2.93. The van der Waals surface area contributed by atoms with Crippen LogP contribution < -0.4 is 10.2 Å². The fraction of sp³-hybridized carbons (Fsp3) is 0.692. The molecule has 2 unspecified atom stereocenters. The van der Waals surface area contributed by atoms with E-state index in [1.54, 1.807) is 6.33 Å². The molecule has 2 aliphatic heterocycles. The molecule has 18 heavy (non-hydrogen) atoms. The van der Waals surface area contributed by atoms with Gasteiger partial charge in [0.15, 0.2) is 0 Å². The van der Waals surface area contributed by atoms with Crippen molar-refractivity contribution in [3.63, 3.8) is 0 Å². The Hall–Kier alpha value is -0.430. The summed E-state index contributed by atoms with van der Waals surface area (Å²) in [5.74, 6) is 1.13. The number of nitrogens with one attached hydrogen (secondary N) is 1. The molecule has 2 saturated heterocycles. The maximum atomic E-state index is 4.50. The SMILES string of the molecule is Ic1cncnc1N1CCCCC1C1CCCN1. The normalized spacial score (nSPS) is 28.6. The zero-order valence-electron chi connectivity index (χ0n) is 10.5. The highest BCUT2D eigenvalue weighted by atomic mass is 127. The highest BCUT2D eigenvalue weighted by Gasteiger charge is 2.32. The quantitative estimate of drug-likeness (QED) is 0.823. The number of nitrogens with zero attached hydrogens (tertiary/aromatic N) is 3. The number of hydrogen-bond acceptors (Lipinski definition) is 4. The first-order valence-electron chi connectivity index (χ1n) is 6.82. The van der Waals surface area contributed by atoms with E-state index in [0.29, 0.717) is 12.1 Å². The van der Waals surface area contributed by atoms with Gasteiger partial charge in [-0.15, -0.1) is 0 Å². The molecule has 0 radical (unpaired) electrons. The van der Waals surface area contributed by atoms with Gasteiger partial charge in [-0.1, -0.05) is 0 Å². The van der Waals surface area contributed by atoms with Crippen LogP contribution in [0.25, 0.3) is 0 Å². The van der Waals surface area contributed by atoms with Gasteiger partial charge in [-0.05, 0) is 61.2 Å². The Morgan fingerprint density at radius 2 is 2.22 bits per heavy atom. The van der Waals surface area contributed by atoms with E-state index in [-0.39, 0.29) is 0 Å². The van der Waals surface area contributed by atoms with E-state index in [1.807, 2.05) is 6.20 Å². The highest BCUT2D eigenvalue weighted by Crippen LogP contribution is 2.30. The van der Waals surface area contributed by atoms with E-state index in [2.05, 4.69) is 42.8 Å². The summed E-state index contributed by atoms with van der Waals surface area (Å²) in [5.41, 5.74) is 0. The second-order valence-corrected chi connectivity index (χ2v) is 6.32. The van der Waals surface area contributed by atoms with Gasteiger partial charge in [0.05, 0.1) is 3.57 Å². The lowest BCUT2D eigenvalue weighted by molar-refractivity contribution is 0.375. The fourth-order valence-electron chi connectivity index (χ4n) is 3.20. The Morgan fingerprint density at radius 1 is 1.28 bits per heavy atom. The largest absolute Gasteiger partial charge is 0.351 e. The molecule has 0 amide bonds. The standard InChI is InChI=1S/C13H19IN4/c14-10-8-15-9-17-13(10)18-7-2-1-5-12(18)11-4-3-6-16-11/h8-9,11-12,16H,1-7H2. The third kappa shape index (κ3) is 2.47. The number of aromatic nitrogens is 2. The van der Waals surface area contributed by atoms with Crippen molar-refractivity contribution in [2.45, 2.75) is 44.2 Å². The average molecular weight is 358 g/mol. The molecule has 0 saturated carbocycles. The van der Waals surface area contributed by atoms with Gasteiger partial charge in [0.1, 0.15) is 12.1 Å². The second-order valence-electron chi connectivity index (χ2n) is 5.15. The van der Waals surface area contributed by atoms with E-state index < -0.39 is 0 Å². The summed E-state index contributed by atoms with van der Waals surface area (Å²) in [6, 6.07) is 1.26. The first-order chi connectivity index (χ1) is 8.86. The monoisotopic (exact) mass is 358 g/mol. The van der Waals surface area contributed by atoms with Crippen LogP contribution in [0.1, 0.15) is 32.1 Å². The topological polar surface area (TPSA) is 41.1 Å². The summed E-state index contributed by atoms with van der Waals surface area (Å²) < 4.78 is 1.17. The Kier molecular flexibility index (Phi) is 3.98. The number of piperidine rings is 1. The van der Waals surface area contributed by atoms with Crippen LogP contribution in [0.4, 0.5) is 5.82 Å². The van der Waals surface area contributed by atoms with Crippen molar-refractivity contribution in [3.8, 4) is 0 Å². The molecule has 3 heterocycles. The molecular weight excluding hydrogens is 339 g/mol. The minimum atomic E-state index is 0.615. The highest BCUT2D eigenvalue weighted by molar-refractivity contribution is 14.1. The molecule has 2 atom stereocenters. The molecule has 2 aliphatic rings. The maximum absolute atomic E-state index is 4.50. The zero-order valence-corrected chi connectivity index (χ0v) is 12.6. The van der Waals surface area contributed by atoms with Crippen LogP contribution in [0.2, 0.25) is 0 Å². The van der Waals surface area contributed by atoms with Crippen LogP contribution in [-0.4, -0.2) is 35.1 Å². The summed E-state index contributed by atoms with van der Waals surface area (Å²) in [4.78, 5) is 11.1. The fourth-order valence-corrected chi connectivity index (χ4v) is 3.81. The minimum Gasteiger partial charge on any atom is -0.351 e. The molecule has 3 rings (SSSR count). The minimum absolute atomic E-state index is 0.615. The number of hydrogen-bond donors (Lipinski definition) is 1. The Morgan fingerprint density at radius 3 is 3.00 bits per heavy atom. The van der Waals surface area contributed by atoms with Gasteiger partial charge in [0.25, 0.3) is 0 Å². The van der Waals surface area contributed by atoms with Crippen molar-refractivity contribution >= 4 is 28.4 Å². The van der Waals surface area contributed by atoms with Gasteiger partial charge in [0, 0.05) is 24.8 Å². The molecule has 0 spiro atoms. The van der Waals surface area contributed by atoms with Crippen LogP contribution in [-0.2, 0) is 0 Å². The lowest BCUT2D eigenvalue weighted by Gasteiger charge is -2.40. The molecule has 0 aliphatic carbocycles. The van der Waals surface area contributed by atoms with Gasteiger partial charge in [-0.3, -0.25) is 0 Å². The molecule has 1 aromatic heterocycles. The van der Waals surface area contributed by atoms with Gasteiger partial charge in [-0.25, -0.2) is 9.97 Å². The van der Waals surface area contributed by atoms with E-state index in [9.17, 15) is 0 Å². The first kappa shape index (κ1) is 12.6. The summed E-state index contributed by atoms with van der Waals surface area (Å²) in [5, 5.41) is 3.66. The lowest BCUT2D eigenvalue weighted by Crippen LogP contribution is -2.51. The van der Waals surface area contributed by atoms with E-state index in [1.165, 1.54) is 42.2 Å². The predicted octanol–water partition coefficient (Wildman–Crippen LogP) is 2.19. The number of rotatable bonds is 2. The molecule has 2 fully saturated rings. The van der Waals surface area contributed by atoms with Crippen LogP contribution in [0, 0.1) is 3.57 Å². The summed E-state index contributed by atoms with van der Waals surface area (Å²) in [6.45, 7) is 2.31. The molecule has 0 bridgehead atoms. The van der Waals surface area contributed by atoms with Crippen molar-refractivity contribution < 1.29 is 0 Å². The van der Waals surface area contributed by atoms with Crippen LogP contribution in [0.5, 0.6) is 0 Å². The zero-order chi connectivity index (χ0) is 12.4. The lowest BCUT2D eigenvalue weighted by atomic mass is 9.94. The van der Waals surface area contributed by atoms with Crippen molar-refractivity contribution in [1.82, 2.24) is 15.3 Å². The van der Waals surface area contributed by atoms with E-state index in [4.69, 9.17) is 0 Å². The Labute approximate surface area is 122 Å². The smallest absolute Gasteiger partial charge is 0.145 e. The number of halogens is 1. The maximum Gasteiger partial charge on any atom is 0.145 e.